The fraction of sp³-hybridized carbons (Fsp3) is 0.226. The Morgan fingerprint density at radius 1 is 1.00 bits per heavy atom. The molecule has 3 aromatic rings. The van der Waals surface area contributed by atoms with Gasteiger partial charge in [-0.05, 0) is 28.8 Å². The lowest BCUT2D eigenvalue weighted by Crippen LogP contribution is -2.64. The van der Waals surface area contributed by atoms with E-state index in [0.717, 1.165) is 17.4 Å². The van der Waals surface area contributed by atoms with E-state index in [4.69, 9.17) is 9.47 Å². The molecule has 2 aliphatic rings. The Bertz CT molecular complexity index is 1610. The van der Waals surface area contributed by atoms with E-state index >= 15 is 0 Å². The van der Waals surface area contributed by atoms with Crippen molar-refractivity contribution < 1.29 is 32.3 Å². The molecule has 0 radical (unpaired) electrons. The topological polar surface area (TPSA) is 119 Å². The molecule has 1 amide bonds. The summed E-state index contributed by atoms with van der Waals surface area (Å²) in [6.45, 7) is 1.13. The van der Waals surface area contributed by atoms with Crippen LogP contribution in [0, 0.1) is 0 Å². The quantitative estimate of drug-likeness (QED) is 0.205. The van der Waals surface area contributed by atoms with Gasteiger partial charge in [0.25, 0.3) is 5.91 Å². The number of sulfone groups is 1. The number of amides is 1. The van der Waals surface area contributed by atoms with Crippen LogP contribution in [0.2, 0.25) is 0 Å². The Hall–Kier alpha value is -4.22. The summed E-state index contributed by atoms with van der Waals surface area (Å²) in [6, 6.07) is 24.0. The number of rotatable bonds is 9. The first kappa shape index (κ1) is 29.3. The summed E-state index contributed by atoms with van der Waals surface area (Å²) in [6.07, 6.45) is 1.92. The third-order valence-corrected chi connectivity index (χ3v) is 9.24. The molecule has 0 aliphatic carbocycles. The fourth-order valence-corrected chi connectivity index (χ4v) is 6.62. The number of nitrogens with zero attached hydrogens (tertiary/aromatic N) is 2. The fourth-order valence-electron chi connectivity index (χ4n) is 4.67. The maximum Gasteiger partial charge on any atom is 0.356 e. The van der Waals surface area contributed by atoms with Crippen LogP contribution in [0.5, 0.6) is 0 Å². The molecule has 1 saturated heterocycles. The summed E-state index contributed by atoms with van der Waals surface area (Å²) in [5.41, 5.74) is 2.70. The third kappa shape index (κ3) is 6.32. The molecule has 3 aromatic carbocycles. The molecule has 0 saturated carbocycles. The van der Waals surface area contributed by atoms with Crippen molar-refractivity contribution in [3.63, 3.8) is 0 Å². The van der Waals surface area contributed by atoms with Crippen LogP contribution < -0.4 is 0 Å². The van der Waals surface area contributed by atoms with Gasteiger partial charge >= 0.3 is 11.9 Å². The molecule has 1 fully saturated rings. The van der Waals surface area contributed by atoms with E-state index in [0.29, 0.717) is 16.9 Å². The molecule has 0 N–H and O–H groups in total. The van der Waals surface area contributed by atoms with Crippen molar-refractivity contribution in [3.05, 3.63) is 113 Å². The molecular formula is C31H28N2O7S2. The van der Waals surface area contributed by atoms with Crippen molar-refractivity contribution in [2.45, 2.75) is 29.3 Å². The van der Waals surface area contributed by atoms with Crippen LogP contribution >= 0.6 is 11.8 Å². The van der Waals surface area contributed by atoms with E-state index in [2.05, 4.69) is 4.99 Å². The van der Waals surface area contributed by atoms with Crippen LogP contribution in [-0.4, -0.2) is 67.4 Å². The predicted molar refractivity (Wildman–Crippen MR) is 159 cm³/mol. The van der Waals surface area contributed by atoms with Gasteiger partial charge in [0.2, 0.25) is 0 Å². The summed E-state index contributed by atoms with van der Waals surface area (Å²) in [5.74, 6) is -1.26. The monoisotopic (exact) mass is 604 g/mol. The second kappa shape index (κ2) is 12.3. The molecule has 0 spiro atoms. The van der Waals surface area contributed by atoms with Crippen molar-refractivity contribution in [1.82, 2.24) is 4.90 Å². The zero-order valence-electron chi connectivity index (χ0n) is 22.9. The van der Waals surface area contributed by atoms with Crippen LogP contribution in [0.3, 0.4) is 0 Å². The zero-order chi connectivity index (χ0) is 29.9. The number of benzene rings is 3. The van der Waals surface area contributed by atoms with Crippen LogP contribution in [0.25, 0.3) is 0 Å². The van der Waals surface area contributed by atoms with E-state index in [1.807, 2.05) is 60.7 Å². The maximum atomic E-state index is 13.8. The van der Waals surface area contributed by atoms with Crippen LogP contribution in [-0.2, 0) is 33.7 Å². The molecule has 0 bridgehead atoms. The highest BCUT2D eigenvalue weighted by atomic mass is 32.2. The van der Waals surface area contributed by atoms with Gasteiger partial charge in [-0.15, -0.1) is 11.8 Å². The van der Waals surface area contributed by atoms with Crippen molar-refractivity contribution in [1.29, 1.82) is 0 Å². The van der Waals surface area contributed by atoms with E-state index in [9.17, 15) is 22.8 Å². The standard InChI is InChI=1S/C31H28N2O7S2/c1-20(34)39-18-24-19-41-30-26(32-17-21-13-15-25(16-14-21)42(2,37)38)29(35)33(30)27(24)31(36)40-28(22-9-5-3-6-10-22)23-11-7-4-8-12-23/h3-17,26,28,30H,18-19H2,1-2H3/t26-,30-/m1/s1. The molecule has 5 rings (SSSR count). The minimum absolute atomic E-state index is 0.0609. The molecule has 216 valence electrons. The number of hydrogen-bond acceptors (Lipinski definition) is 9. The van der Waals surface area contributed by atoms with E-state index in [-0.39, 0.29) is 23.1 Å². The highest BCUT2D eigenvalue weighted by molar-refractivity contribution is 8.00. The molecule has 11 heteroatoms. The van der Waals surface area contributed by atoms with Crippen LogP contribution in [0.4, 0.5) is 0 Å². The minimum Gasteiger partial charge on any atom is -0.461 e. The molecule has 2 heterocycles. The third-order valence-electron chi connectivity index (χ3n) is 6.78. The van der Waals surface area contributed by atoms with Gasteiger partial charge in [0, 0.05) is 30.7 Å². The van der Waals surface area contributed by atoms with Crippen LogP contribution in [0.1, 0.15) is 29.7 Å². The lowest BCUT2D eigenvalue weighted by atomic mass is 10.0. The molecular weight excluding hydrogens is 576 g/mol. The van der Waals surface area contributed by atoms with Gasteiger partial charge in [0.05, 0.1) is 4.90 Å². The van der Waals surface area contributed by atoms with E-state index in [1.54, 1.807) is 12.1 Å². The Kier molecular flexibility index (Phi) is 8.60. The maximum absolute atomic E-state index is 13.8. The molecule has 2 atom stereocenters. The van der Waals surface area contributed by atoms with Crippen molar-refractivity contribution in [3.8, 4) is 0 Å². The molecule has 9 nitrogen and oxygen atoms in total. The number of thioether (sulfide) groups is 1. The lowest BCUT2D eigenvalue weighted by Gasteiger charge is -2.48. The zero-order valence-corrected chi connectivity index (χ0v) is 24.5. The second-order valence-electron chi connectivity index (χ2n) is 9.81. The Morgan fingerprint density at radius 3 is 2.14 bits per heavy atom. The minimum atomic E-state index is -3.33. The van der Waals surface area contributed by atoms with Crippen molar-refractivity contribution >= 4 is 45.7 Å². The SMILES string of the molecule is CC(=O)OCC1=C(C(=O)OC(c2ccccc2)c2ccccc2)N2C(=O)[C@@H](N=Cc3ccc(S(C)(=O)=O)cc3)[C@H]2SC1. The number of aliphatic imine (C=N–C) groups is 1. The molecule has 0 unspecified atom stereocenters. The number of carbonyl (C=O) groups is 3. The smallest absolute Gasteiger partial charge is 0.356 e. The summed E-state index contributed by atoms with van der Waals surface area (Å²) in [4.78, 5) is 44.8. The first-order valence-electron chi connectivity index (χ1n) is 13.1. The number of fused-ring (bicyclic) bond motifs is 1. The average Bonchev–Trinajstić information content (AvgIpc) is 2.99. The molecule has 0 aromatic heterocycles. The summed E-state index contributed by atoms with van der Waals surface area (Å²) >= 11 is 1.41. The first-order chi connectivity index (χ1) is 20.1. The number of carbonyl (C=O) groups excluding carboxylic acids is 3. The number of ether oxygens (including phenoxy) is 2. The summed E-state index contributed by atoms with van der Waals surface area (Å²) < 4.78 is 34.8. The van der Waals surface area contributed by atoms with E-state index < -0.39 is 39.3 Å². The van der Waals surface area contributed by atoms with Crippen molar-refractivity contribution in [2.24, 2.45) is 4.99 Å². The van der Waals surface area contributed by atoms with Gasteiger partial charge in [0.15, 0.2) is 22.0 Å². The Morgan fingerprint density at radius 2 is 1.60 bits per heavy atom. The largest absolute Gasteiger partial charge is 0.461 e. The number of hydrogen-bond donors (Lipinski definition) is 0. The average molecular weight is 605 g/mol. The van der Waals surface area contributed by atoms with Gasteiger partial charge in [0.1, 0.15) is 17.7 Å². The normalized spacial score (nSPS) is 18.5. The highest BCUT2D eigenvalue weighted by Crippen LogP contribution is 2.43. The highest BCUT2D eigenvalue weighted by Gasteiger charge is 2.54. The van der Waals surface area contributed by atoms with E-state index in [1.165, 1.54) is 41.9 Å². The second-order valence-corrected chi connectivity index (χ2v) is 12.9. The van der Waals surface area contributed by atoms with Gasteiger partial charge in [-0.2, -0.15) is 0 Å². The Balaban J connectivity index is 1.41. The Labute approximate surface area is 248 Å². The summed E-state index contributed by atoms with van der Waals surface area (Å²) in [7, 11) is -3.33. The summed E-state index contributed by atoms with van der Waals surface area (Å²) in [5, 5.41) is -0.459. The lowest BCUT2D eigenvalue weighted by molar-refractivity contribution is -0.153. The molecule has 42 heavy (non-hydrogen) atoms. The van der Waals surface area contributed by atoms with Gasteiger partial charge in [-0.25, -0.2) is 13.2 Å². The van der Waals surface area contributed by atoms with Gasteiger partial charge in [-0.3, -0.25) is 19.5 Å². The first-order valence-corrected chi connectivity index (χ1v) is 16.0. The van der Waals surface area contributed by atoms with Crippen molar-refractivity contribution in [2.75, 3.05) is 18.6 Å². The number of esters is 2. The van der Waals surface area contributed by atoms with Gasteiger partial charge in [-0.1, -0.05) is 72.8 Å². The predicted octanol–water partition coefficient (Wildman–Crippen LogP) is 3.94. The number of β-lactam (4-membered cyclic amide) rings is 1. The van der Waals surface area contributed by atoms with Gasteiger partial charge < -0.3 is 9.47 Å². The molecule has 2 aliphatic heterocycles. The van der Waals surface area contributed by atoms with Crippen LogP contribution in [0.15, 0.2) is 106 Å².